The number of para-hydroxylation sites is 2. The number of pyridine rings is 1. The first-order valence-electron chi connectivity index (χ1n) is 6.69. The van der Waals surface area contributed by atoms with Crippen LogP contribution in [-0.4, -0.2) is 20.8 Å². The van der Waals surface area contributed by atoms with E-state index in [1.54, 1.807) is 6.07 Å². The number of fused-ring (bicyclic) bond motifs is 1. The molecule has 2 aromatic heterocycles. The molecule has 0 saturated carbocycles. The van der Waals surface area contributed by atoms with Crippen LogP contribution >= 0.6 is 0 Å². The zero-order valence-corrected chi connectivity index (χ0v) is 11.7. The Balaban J connectivity index is 1.80. The van der Waals surface area contributed by atoms with Crippen molar-refractivity contribution in [2.45, 2.75) is 20.1 Å². The fourth-order valence-electron chi connectivity index (χ4n) is 2.02. The summed E-state index contributed by atoms with van der Waals surface area (Å²) in [6.45, 7) is 2.17. The lowest BCUT2D eigenvalue weighted by atomic mass is 10.2. The zero-order chi connectivity index (χ0) is 14.7. The minimum Gasteiger partial charge on any atom is -0.439 e. The van der Waals surface area contributed by atoms with Crippen molar-refractivity contribution < 1.29 is 9.52 Å². The second kappa shape index (κ2) is 5.85. The monoisotopic (exact) mass is 281 g/mol. The number of nitrogens with zero attached hydrogens (tertiary/aromatic N) is 3. The Morgan fingerprint density at radius 3 is 2.81 bits per heavy atom. The average Bonchev–Trinajstić information content (AvgIpc) is 2.95. The van der Waals surface area contributed by atoms with Gasteiger partial charge in [-0.25, -0.2) is 9.97 Å². The Morgan fingerprint density at radius 1 is 1.14 bits per heavy atom. The van der Waals surface area contributed by atoms with E-state index < -0.39 is 0 Å². The number of hydrogen-bond donors (Lipinski definition) is 1. The van der Waals surface area contributed by atoms with Crippen LogP contribution in [0.4, 0.5) is 0 Å². The normalized spacial score (nSPS) is 12.0. The molecule has 3 rings (SSSR count). The average molecular weight is 281 g/mol. The molecule has 21 heavy (non-hydrogen) atoms. The van der Waals surface area contributed by atoms with Gasteiger partial charge in [0.15, 0.2) is 5.58 Å². The third kappa shape index (κ3) is 2.98. The van der Waals surface area contributed by atoms with Gasteiger partial charge in [0.1, 0.15) is 12.1 Å². The Morgan fingerprint density at radius 2 is 2.00 bits per heavy atom. The number of rotatable bonds is 4. The third-order valence-electron chi connectivity index (χ3n) is 3.13. The summed E-state index contributed by atoms with van der Waals surface area (Å²) in [5.41, 5.74) is 3.76. The van der Waals surface area contributed by atoms with Gasteiger partial charge in [0.2, 0.25) is 5.89 Å². The van der Waals surface area contributed by atoms with Crippen LogP contribution in [0.5, 0.6) is 0 Å². The number of hydrogen-bond acceptors (Lipinski definition) is 5. The Bertz CT molecular complexity index is 760. The van der Waals surface area contributed by atoms with E-state index in [0.717, 1.165) is 22.5 Å². The van der Waals surface area contributed by atoms with E-state index in [-0.39, 0.29) is 6.61 Å². The van der Waals surface area contributed by atoms with Crippen molar-refractivity contribution in [1.82, 2.24) is 9.97 Å². The Labute approximate surface area is 122 Å². The second-order valence-corrected chi connectivity index (χ2v) is 4.65. The molecule has 1 aromatic carbocycles. The first kappa shape index (κ1) is 13.5. The molecule has 0 aliphatic rings. The Hall–Kier alpha value is -2.53. The van der Waals surface area contributed by atoms with E-state index in [9.17, 15) is 0 Å². The molecule has 0 aliphatic heterocycles. The standard InChI is InChI=1S/C16H15N3O2/c1-11(13-7-4-5-12(10-20)18-13)17-9-16-19-14-6-2-3-8-15(14)21-16/h2-8,20H,9-10H2,1H3. The van der Waals surface area contributed by atoms with E-state index in [4.69, 9.17) is 9.52 Å². The first-order chi connectivity index (χ1) is 10.3. The van der Waals surface area contributed by atoms with Gasteiger partial charge in [-0.1, -0.05) is 18.2 Å². The van der Waals surface area contributed by atoms with Gasteiger partial charge in [-0.15, -0.1) is 0 Å². The van der Waals surface area contributed by atoms with Gasteiger partial charge in [-0.05, 0) is 31.2 Å². The predicted molar refractivity (Wildman–Crippen MR) is 80.1 cm³/mol. The highest BCUT2D eigenvalue weighted by Gasteiger charge is 2.05. The number of aliphatic hydroxyl groups excluding tert-OH is 1. The van der Waals surface area contributed by atoms with Crippen LogP contribution in [0.15, 0.2) is 51.9 Å². The van der Waals surface area contributed by atoms with E-state index in [1.165, 1.54) is 0 Å². The van der Waals surface area contributed by atoms with Crippen LogP contribution in [0.2, 0.25) is 0 Å². The fraction of sp³-hybridized carbons (Fsp3) is 0.188. The van der Waals surface area contributed by atoms with Gasteiger partial charge >= 0.3 is 0 Å². The molecule has 0 radical (unpaired) electrons. The highest BCUT2D eigenvalue weighted by atomic mass is 16.3. The van der Waals surface area contributed by atoms with Crippen molar-refractivity contribution in [2.24, 2.45) is 4.99 Å². The number of benzene rings is 1. The summed E-state index contributed by atoms with van der Waals surface area (Å²) in [6, 6.07) is 13.1. The molecular formula is C16H15N3O2. The lowest BCUT2D eigenvalue weighted by molar-refractivity contribution is 0.277. The predicted octanol–water partition coefficient (Wildman–Crippen LogP) is 2.72. The molecule has 0 saturated heterocycles. The van der Waals surface area contributed by atoms with Crippen LogP contribution in [0, 0.1) is 0 Å². The maximum atomic E-state index is 9.10. The van der Waals surface area contributed by atoms with Crippen LogP contribution in [-0.2, 0) is 13.2 Å². The topological polar surface area (TPSA) is 71.5 Å². The molecule has 3 aromatic rings. The van der Waals surface area contributed by atoms with Crippen LogP contribution in [0.25, 0.3) is 11.1 Å². The molecule has 0 amide bonds. The third-order valence-corrected chi connectivity index (χ3v) is 3.13. The van der Waals surface area contributed by atoms with Gasteiger partial charge in [-0.3, -0.25) is 4.99 Å². The number of oxazole rings is 1. The highest BCUT2D eigenvalue weighted by molar-refractivity contribution is 5.96. The molecule has 0 atom stereocenters. The molecule has 5 heteroatoms. The molecule has 1 N–H and O–H groups in total. The largest absolute Gasteiger partial charge is 0.439 e. The van der Waals surface area contributed by atoms with E-state index in [2.05, 4.69) is 15.0 Å². The molecule has 5 nitrogen and oxygen atoms in total. The minimum absolute atomic E-state index is 0.0771. The highest BCUT2D eigenvalue weighted by Crippen LogP contribution is 2.15. The molecule has 0 spiro atoms. The lowest BCUT2D eigenvalue weighted by Crippen LogP contribution is -2.02. The maximum Gasteiger partial charge on any atom is 0.217 e. The van der Waals surface area contributed by atoms with Gasteiger partial charge in [0.05, 0.1) is 23.7 Å². The summed E-state index contributed by atoms with van der Waals surface area (Å²) >= 11 is 0. The fourth-order valence-corrected chi connectivity index (χ4v) is 2.02. The van der Waals surface area contributed by atoms with E-state index >= 15 is 0 Å². The SMILES string of the molecule is CC(=NCc1nc2ccccc2o1)c1cccc(CO)n1. The van der Waals surface area contributed by atoms with Crippen molar-refractivity contribution in [2.75, 3.05) is 0 Å². The summed E-state index contributed by atoms with van der Waals surface area (Å²) in [7, 11) is 0. The summed E-state index contributed by atoms with van der Waals surface area (Å²) < 4.78 is 5.62. The maximum absolute atomic E-state index is 9.10. The molecule has 106 valence electrons. The van der Waals surface area contributed by atoms with Crippen molar-refractivity contribution in [1.29, 1.82) is 0 Å². The molecular weight excluding hydrogens is 266 g/mol. The smallest absolute Gasteiger partial charge is 0.217 e. The summed E-state index contributed by atoms with van der Waals surface area (Å²) in [5.74, 6) is 0.578. The Kier molecular flexibility index (Phi) is 3.75. The van der Waals surface area contributed by atoms with Crippen molar-refractivity contribution in [3.63, 3.8) is 0 Å². The second-order valence-electron chi connectivity index (χ2n) is 4.65. The molecule has 2 heterocycles. The summed E-state index contributed by atoms with van der Waals surface area (Å²) in [6.07, 6.45) is 0. The molecule has 0 fully saturated rings. The first-order valence-corrected chi connectivity index (χ1v) is 6.69. The molecule has 0 bridgehead atoms. The lowest BCUT2D eigenvalue weighted by Gasteiger charge is -2.01. The van der Waals surface area contributed by atoms with Gasteiger partial charge in [-0.2, -0.15) is 0 Å². The number of aliphatic imine (C=N–C) groups is 1. The van der Waals surface area contributed by atoms with Gasteiger partial charge < -0.3 is 9.52 Å². The number of aromatic nitrogens is 2. The molecule has 0 aliphatic carbocycles. The van der Waals surface area contributed by atoms with Crippen molar-refractivity contribution >= 4 is 16.8 Å². The number of aliphatic hydroxyl groups is 1. The van der Waals surface area contributed by atoms with Gasteiger partial charge in [0, 0.05) is 0 Å². The summed E-state index contributed by atoms with van der Waals surface area (Å²) in [4.78, 5) is 13.1. The van der Waals surface area contributed by atoms with Crippen molar-refractivity contribution in [3.8, 4) is 0 Å². The van der Waals surface area contributed by atoms with E-state index in [1.807, 2.05) is 43.3 Å². The van der Waals surface area contributed by atoms with Crippen LogP contribution in [0.3, 0.4) is 0 Å². The summed E-state index contributed by atoms with van der Waals surface area (Å²) in [5, 5.41) is 9.10. The van der Waals surface area contributed by atoms with Crippen LogP contribution in [0.1, 0.15) is 24.2 Å². The zero-order valence-electron chi connectivity index (χ0n) is 11.7. The van der Waals surface area contributed by atoms with E-state index in [0.29, 0.717) is 18.1 Å². The quantitative estimate of drug-likeness (QED) is 0.746. The van der Waals surface area contributed by atoms with Crippen LogP contribution < -0.4 is 0 Å². The molecule has 0 unspecified atom stereocenters. The van der Waals surface area contributed by atoms with Gasteiger partial charge in [0.25, 0.3) is 0 Å². The van der Waals surface area contributed by atoms with Crippen molar-refractivity contribution in [3.05, 3.63) is 59.7 Å². The minimum atomic E-state index is -0.0771.